The number of hydrogen-bond acceptors (Lipinski definition) is 7. The van der Waals surface area contributed by atoms with E-state index in [1.54, 1.807) is 0 Å². The molecule has 1 aromatic heterocycles. The van der Waals surface area contributed by atoms with E-state index in [2.05, 4.69) is 33.9 Å². The van der Waals surface area contributed by atoms with Gasteiger partial charge in [0.25, 0.3) is 0 Å². The minimum Gasteiger partial charge on any atom is -0.379 e. The maximum Gasteiger partial charge on any atom is 0.227 e. The lowest BCUT2D eigenvalue weighted by Crippen LogP contribution is -2.43. The second kappa shape index (κ2) is 9.37. The summed E-state index contributed by atoms with van der Waals surface area (Å²) in [5.74, 6) is 2.96. The number of morpholine rings is 1. The molecule has 3 atom stereocenters. The summed E-state index contributed by atoms with van der Waals surface area (Å²) in [4.78, 5) is 14.3. The molecular weight excluding hydrogens is 354 g/mol. The zero-order valence-corrected chi connectivity index (χ0v) is 17.3. The van der Waals surface area contributed by atoms with Crippen molar-refractivity contribution in [3.8, 4) is 0 Å². The van der Waals surface area contributed by atoms with Crippen molar-refractivity contribution in [2.45, 2.75) is 45.3 Å². The van der Waals surface area contributed by atoms with Crippen LogP contribution < -0.4 is 10.2 Å². The largest absolute Gasteiger partial charge is 0.379 e. The Balaban J connectivity index is 1.34. The minimum absolute atomic E-state index is 0.247. The summed E-state index contributed by atoms with van der Waals surface area (Å²) in [7, 11) is 0. The number of nitrogens with zero attached hydrogens (tertiary/aromatic N) is 4. The van der Waals surface area contributed by atoms with Crippen LogP contribution in [-0.4, -0.2) is 79.6 Å². The van der Waals surface area contributed by atoms with Crippen molar-refractivity contribution in [1.82, 2.24) is 14.9 Å². The van der Waals surface area contributed by atoms with Crippen LogP contribution in [-0.2, 0) is 9.47 Å². The van der Waals surface area contributed by atoms with Gasteiger partial charge in [0.15, 0.2) is 0 Å². The Kier molecular flexibility index (Phi) is 6.65. The highest BCUT2D eigenvalue weighted by Crippen LogP contribution is 2.26. The molecule has 0 bridgehead atoms. The van der Waals surface area contributed by atoms with Gasteiger partial charge in [0, 0.05) is 45.5 Å². The molecule has 3 aliphatic heterocycles. The Morgan fingerprint density at radius 3 is 2.86 bits per heavy atom. The van der Waals surface area contributed by atoms with Gasteiger partial charge >= 0.3 is 0 Å². The summed E-state index contributed by atoms with van der Waals surface area (Å²) in [6, 6.07) is 2.31. The molecule has 1 N–H and O–H groups in total. The average Bonchev–Trinajstić information content (AvgIpc) is 3.18. The fourth-order valence-corrected chi connectivity index (χ4v) is 4.70. The van der Waals surface area contributed by atoms with E-state index in [1.807, 2.05) is 12.3 Å². The number of anilines is 2. The number of rotatable bonds is 6. The topological polar surface area (TPSA) is 62.8 Å². The number of ether oxygens (including phenoxy) is 2. The van der Waals surface area contributed by atoms with E-state index in [9.17, 15) is 0 Å². The number of hydrogen-bond donors (Lipinski definition) is 1. The van der Waals surface area contributed by atoms with Gasteiger partial charge in [-0.25, -0.2) is 4.98 Å². The lowest BCUT2D eigenvalue weighted by atomic mass is 9.94. The second-order valence-electron chi connectivity index (χ2n) is 8.73. The second-order valence-corrected chi connectivity index (χ2v) is 8.73. The zero-order valence-electron chi connectivity index (χ0n) is 17.3. The van der Waals surface area contributed by atoms with Gasteiger partial charge < -0.3 is 19.7 Å². The van der Waals surface area contributed by atoms with Crippen molar-refractivity contribution in [3.05, 3.63) is 12.3 Å². The van der Waals surface area contributed by atoms with Gasteiger partial charge in [-0.15, -0.1) is 0 Å². The highest BCUT2D eigenvalue weighted by atomic mass is 16.5. The number of aromatic nitrogens is 2. The molecule has 156 valence electrons. The molecule has 28 heavy (non-hydrogen) atoms. The van der Waals surface area contributed by atoms with Crippen molar-refractivity contribution in [3.63, 3.8) is 0 Å². The van der Waals surface area contributed by atoms with E-state index in [1.165, 1.54) is 6.42 Å². The monoisotopic (exact) mass is 389 g/mol. The van der Waals surface area contributed by atoms with Gasteiger partial charge in [-0.1, -0.05) is 13.8 Å². The molecule has 3 saturated heterocycles. The lowest BCUT2D eigenvalue weighted by molar-refractivity contribution is -0.0203. The fraction of sp³-hybridized carbons (Fsp3) is 0.810. The van der Waals surface area contributed by atoms with E-state index in [-0.39, 0.29) is 6.10 Å². The molecule has 7 heteroatoms. The molecule has 0 amide bonds. The van der Waals surface area contributed by atoms with E-state index in [0.29, 0.717) is 17.9 Å². The van der Waals surface area contributed by atoms with Crippen LogP contribution in [0, 0.1) is 11.8 Å². The van der Waals surface area contributed by atoms with Crippen molar-refractivity contribution >= 4 is 11.8 Å². The lowest BCUT2D eigenvalue weighted by Gasteiger charge is -2.35. The highest BCUT2D eigenvalue weighted by Gasteiger charge is 2.30. The first-order chi connectivity index (χ1) is 13.7. The molecule has 0 aromatic carbocycles. The third-order valence-corrected chi connectivity index (χ3v) is 6.19. The van der Waals surface area contributed by atoms with Crippen molar-refractivity contribution in [2.24, 2.45) is 11.8 Å². The summed E-state index contributed by atoms with van der Waals surface area (Å²) in [5.41, 5.74) is 0. The maximum atomic E-state index is 6.01. The molecule has 0 radical (unpaired) electrons. The molecule has 3 aliphatic rings. The van der Waals surface area contributed by atoms with E-state index in [0.717, 1.165) is 77.2 Å². The first kappa shape index (κ1) is 19.9. The van der Waals surface area contributed by atoms with E-state index in [4.69, 9.17) is 14.5 Å². The molecule has 4 heterocycles. The molecular formula is C21H35N5O2. The van der Waals surface area contributed by atoms with Crippen LogP contribution in [0.1, 0.15) is 33.1 Å². The fourth-order valence-electron chi connectivity index (χ4n) is 4.70. The molecule has 0 spiro atoms. The molecule has 4 rings (SSSR count). The normalized spacial score (nSPS) is 29.4. The van der Waals surface area contributed by atoms with Crippen molar-refractivity contribution < 1.29 is 9.47 Å². The quantitative estimate of drug-likeness (QED) is 0.801. The molecule has 1 aromatic rings. The van der Waals surface area contributed by atoms with Gasteiger partial charge in [-0.3, -0.25) is 4.90 Å². The van der Waals surface area contributed by atoms with Crippen LogP contribution in [0.15, 0.2) is 12.3 Å². The Labute approximate surface area is 168 Å². The third kappa shape index (κ3) is 4.93. The number of nitrogens with one attached hydrogen (secondary N) is 1. The first-order valence-electron chi connectivity index (χ1n) is 11.0. The SMILES string of the molecule is CC(C)C1OCCCC1Nc1ccnc(N2CCC(CN3CCOCC3)C2)n1. The summed E-state index contributed by atoms with van der Waals surface area (Å²) in [6.07, 6.45) is 5.58. The summed E-state index contributed by atoms with van der Waals surface area (Å²) in [5, 5.41) is 3.63. The van der Waals surface area contributed by atoms with Gasteiger partial charge in [0.05, 0.1) is 25.4 Å². The molecule has 7 nitrogen and oxygen atoms in total. The van der Waals surface area contributed by atoms with Crippen LogP contribution in [0.5, 0.6) is 0 Å². The predicted octanol–water partition coefficient (Wildman–Crippen LogP) is 2.25. The van der Waals surface area contributed by atoms with Gasteiger partial charge in [0.2, 0.25) is 5.95 Å². The Hall–Kier alpha value is -1.44. The summed E-state index contributed by atoms with van der Waals surface area (Å²) in [6.45, 7) is 12.4. The van der Waals surface area contributed by atoms with Gasteiger partial charge in [-0.2, -0.15) is 4.98 Å². The standard InChI is InChI=1S/C21H35N5O2/c1-16(2)20-18(4-3-11-28-20)23-19-5-7-22-21(24-19)26-8-6-17(15-26)14-25-9-12-27-13-10-25/h5,7,16-18,20H,3-4,6,8-15H2,1-2H3,(H,22,23,24). The maximum absolute atomic E-state index is 6.01. The Morgan fingerprint density at radius 2 is 2.04 bits per heavy atom. The summed E-state index contributed by atoms with van der Waals surface area (Å²) < 4.78 is 11.5. The van der Waals surface area contributed by atoms with Crippen LogP contribution in [0.4, 0.5) is 11.8 Å². The van der Waals surface area contributed by atoms with Crippen molar-refractivity contribution in [1.29, 1.82) is 0 Å². The highest BCUT2D eigenvalue weighted by molar-refractivity contribution is 5.43. The van der Waals surface area contributed by atoms with Gasteiger partial charge in [0.1, 0.15) is 5.82 Å². The average molecular weight is 390 g/mol. The first-order valence-corrected chi connectivity index (χ1v) is 11.0. The minimum atomic E-state index is 0.247. The predicted molar refractivity (Wildman–Crippen MR) is 111 cm³/mol. The zero-order chi connectivity index (χ0) is 19.3. The van der Waals surface area contributed by atoms with Gasteiger partial charge in [-0.05, 0) is 37.2 Å². The smallest absolute Gasteiger partial charge is 0.227 e. The summed E-state index contributed by atoms with van der Waals surface area (Å²) >= 11 is 0. The van der Waals surface area contributed by atoms with E-state index < -0.39 is 0 Å². The Bertz CT molecular complexity index is 623. The molecule has 3 unspecified atom stereocenters. The van der Waals surface area contributed by atoms with E-state index >= 15 is 0 Å². The molecule has 0 aliphatic carbocycles. The third-order valence-electron chi connectivity index (χ3n) is 6.19. The Morgan fingerprint density at radius 1 is 1.18 bits per heavy atom. The van der Waals surface area contributed by atoms with Crippen LogP contribution >= 0.6 is 0 Å². The van der Waals surface area contributed by atoms with Crippen LogP contribution in [0.2, 0.25) is 0 Å². The van der Waals surface area contributed by atoms with Crippen molar-refractivity contribution in [2.75, 3.05) is 62.8 Å². The van der Waals surface area contributed by atoms with Crippen LogP contribution in [0.3, 0.4) is 0 Å². The van der Waals surface area contributed by atoms with Crippen LogP contribution in [0.25, 0.3) is 0 Å². The molecule has 3 fully saturated rings. The molecule has 0 saturated carbocycles.